The van der Waals surface area contributed by atoms with Crippen molar-refractivity contribution in [2.24, 2.45) is 0 Å². The predicted molar refractivity (Wildman–Crippen MR) is 85.1 cm³/mol. The molecule has 20 heavy (non-hydrogen) atoms. The predicted octanol–water partition coefficient (Wildman–Crippen LogP) is 3.13. The van der Waals surface area contributed by atoms with Gasteiger partial charge in [0.25, 0.3) is 5.91 Å². The smallest absolute Gasteiger partial charge is 0.335 e. The van der Waals surface area contributed by atoms with Gasteiger partial charge in [0.05, 0.1) is 5.56 Å². The molecule has 0 saturated heterocycles. The average Bonchev–Trinajstić information content (AvgIpc) is 2.38. The van der Waals surface area contributed by atoms with Crippen LogP contribution in [0.3, 0.4) is 0 Å². The van der Waals surface area contributed by atoms with E-state index < -0.39 is 12.1 Å². The van der Waals surface area contributed by atoms with Crippen molar-refractivity contribution in [2.45, 2.75) is 32.8 Å². The molecule has 0 fully saturated rings. The van der Waals surface area contributed by atoms with Crippen LogP contribution in [0.25, 0.3) is 0 Å². The second-order valence-corrected chi connectivity index (χ2v) is 5.64. The van der Waals surface area contributed by atoms with Crippen LogP contribution in [-0.4, -0.2) is 29.7 Å². The molecule has 0 aromatic heterocycles. The van der Waals surface area contributed by atoms with Crippen molar-refractivity contribution in [3.8, 4) is 0 Å². The molecule has 5 nitrogen and oxygen atoms in total. The van der Waals surface area contributed by atoms with E-state index in [-0.39, 0.29) is 11.5 Å². The first-order valence-electron chi connectivity index (χ1n) is 6.40. The minimum Gasteiger partial charge on any atom is -0.478 e. The summed E-state index contributed by atoms with van der Waals surface area (Å²) in [5.41, 5.74) is 0.608. The number of aromatic carboxylic acids is 1. The van der Waals surface area contributed by atoms with Crippen LogP contribution in [0.1, 0.15) is 37.0 Å². The molecule has 1 rings (SSSR count). The van der Waals surface area contributed by atoms with Crippen LogP contribution in [0.5, 0.6) is 0 Å². The average molecular weight is 391 g/mol. The van der Waals surface area contributed by atoms with Crippen LogP contribution in [-0.2, 0) is 9.53 Å². The number of hydrogen-bond donors (Lipinski definition) is 2. The van der Waals surface area contributed by atoms with Crippen LogP contribution in [0.4, 0.5) is 5.69 Å². The molecule has 0 saturated carbocycles. The summed E-state index contributed by atoms with van der Waals surface area (Å²) in [5.74, 6) is -1.30. The molecule has 0 aliphatic heterocycles. The summed E-state index contributed by atoms with van der Waals surface area (Å²) in [6.07, 6.45) is 1.35. The van der Waals surface area contributed by atoms with Crippen molar-refractivity contribution < 1.29 is 19.4 Å². The van der Waals surface area contributed by atoms with Gasteiger partial charge in [0, 0.05) is 15.9 Å². The van der Waals surface area contributed by atoms with E-state index in [4.69, 9.17) is 9.84 Å². The fourth-order valence-corrected chi connectivity index (χ4v) is 2.18. The first-order valence-corrected chi connectivity index (χ1v) is 7.48. The second kappa shape index (κ2) is 8.21. The number of rotatable bonds is 7. The molecule has 0 bridgehead atoms. The monoisotopic (exact) mass is 391 g/mol. The van der Waals surface area contributed by atoms with E-state index in [0.29, 0.717) is 12.3 Å². The number of carboxylic acid groups (broad SMARTS) is 1. The second-order valence-electron chi connectivity index (χ2n) is 4.39. The lowest BCUT2D eigenvalue weighted by atomic mass is 10.2. The Labute approximate surface area is 131 Å². The number of carbonyl (C=O) groups excluding carboxylic acids is 1. The van der Waals surface area contributed by atoms with Crippen LogP contribution in [0.2, 0.25) is 0 Å². The molecule has 1 amide bonds. The van der Waals surface area contributed by atoms with E-state index in [2.05, 4.69) is 5.32 Å². The number of nitrogens with one attached hydrogen (secondary N) is 1. The number of benzene rings is 1. The van der Waals surface area contributed by atoms with Crippen LogP contribution >= 0.6 is 22.6 Å². The van der Waals surface area contributed by atoms with Crippen molar-refractivity contribution in [3.63, 3.8) is 0 Å². The summed E-state index contributed by atoms with van der Waals surface area (Å²) in [4.78, 5) is 22.9. The molecular weight excluding hydrogens is 373 g/mol. The van der Waals surface area contributed by atoms with Gasteiger partial charge in [-0.15, -0.1) is 0 Å². The minimum atomic E-state index is -1.02. The summed E-state index contributed by atoms with van der Waals surface area (Å²) in [5, 5.41) is 11.7. The van der Waals surface area contributed by atoms with Crippen molar-refractivity contribution >= 4 is 40.2 Å². The normalized spacial score (nSPS) is 11.9. The molecule has 0 heterocycles. The zero-order chi connectivity index (χ0) is 15.1. The van der Waals surface area contributed by atoms with Gasteiger partial charge in [0.15, 0.2) is 0 Å². The van der Waals surface area contributed by atoms with Crippen LogP contribution in [0, 0.1) is 3.57 Å². The molecule has 0 aliphatic carbocycles. The molecule has 0 spiro atoms. The van der Waals surface area contributed by atoms with Gasteiger partial charge >= 0.3 is 5.97 Å². The Morgan fingerprint density at radius 1 is 1.40 bits per heavy atom. The van der Waals surface area contributed by atoms with Crippen molar-refractivity contribution in [2.75, 3.05) is 11.9 Å². The zero-order valence-electron chi connectivity index (χ0n) is 11.5. The van der Waals surface area contributed by atoms with Gasteiger partial charge in [-0.25, -0.2) is 4.79 Å². The third kappa shape index (κ3) is 5.46. The molecule has 1 unspecified atom stereocenters. The molecule has 0 radical (unpaired) electrons. The van der Waals surface area contributed by atoms with Gasteiger partial charge in [-0.1, -0.05) is 13.3 Å². The molecule has 1 aromatic carbocycles. The number of anilines is 1. The Hall–Kier alpha value is -1.15. The number of amides is 1. The third-order valence-electron chi connectivity index (χ3n) is 2.65. The van der Waals surface area contributed by atoms with Gasteiger partial charge in [-0.3, -0.25) is 4.79 Å². The molecule has 1 atom stereocenters. The van der Waals surface area contributed by atoms with E-state index in [0.717, 1.165) is 16.4 Å². The number of carbonyl (C=O) groups is 2. The van der Waals surface area contributed by atoms with Gasteiger partial charge in [-0.05, 0) is 54.1 Å². The zero-order valence-corrected chi connectivity index (χ0v) is 13.6. The van der Waals surface area contributed by atoms with Gasteiger partial charge < -0.3 is 15.2 Å². The maximum Gasteiger partial charge on any atom is 0.335 e. The Balaban J connectivity index is 2.67. The lowest BCUT2D eigenvalue weighted by molar-refractivity contribution is -0.126. The molecular formula is C14H18INO4. The topological polar surface area (TPSA) is 75.6 Å². The lowest BCUT2D eigenvalue weighted by Crippen LogP contribution is -2.28. The number of carboxylic acids is 1. The van der Waals surface area contributed by atoms with Crippen molar-refractivity contribution in [1.82, 2.24) is 0 Å². The van der Waals surface area contributed by atoms with E-state index in [1.54, 1.807) is 19.1 Å². The highest BCUT2D eigenvalue weighted by Crippen LogP contribution is 2.17. The Kier molecular flexibility index (Phi) is 6.94. The lowest BCUT2D eigenvalue weighted by Gasteiger charge is -2.13. The third-order valence-corrected chi connectivity index (χ3v) is 3.27. The molecule has 2 N–H and O–H groups in total. The van der Waals surface area contributed by atoms with Crippen molar-refractivity contribution in [3.05, 3.63) is 27.3 Å². The first-order chi connectivity index (χ1) is 9.43. The minimum absolute atomic E-state index is 0.145. The van der Waals surface area contributed by atoms with E-state index in [1.165, 1.54) is 6.07 Å². The Bertz CT molecular complexity index is 490. The summed E-state index contributed by atoms with van der Waals surface area (Å²) >= 11 is 2.01. The summed E-state index contributed by atoms with van der Waals surface area (Å²) in [6.45, 7) is 4.27. The number of halogens is 1. The Morgan fingerprint density at radius 2 is 2.10 bits per heavy atom. The fraction of sp³-hybridized carbons (Fsp3) is 0.429. The standard InChI is InChI=1S/C14H18INO4/c1-3-4-5-20-9(2)13(17)16-12-7-10(14(18)19)6-11(15)8-12/h6-9H,3-5H2,1-2H3,(H,16,17)(H,18,19). The molecule has 0 aliphatic rings. The van der Waals surface area contributed by atoms with Gasteiger partial charge in [0.2, 0.25) is 0 Å². The SMILES string of the molecule is CCCCOC(C)C(=O)Nc1cc(I)cc(C(=O)O)c1. The van der Waals surface area contributed by atoms with Gasteiger partial charge in [0.1, 0.15) is 6.10 Å². The maximum absolute atomic E-state index is 11.9. The van der Waals surface area contributed by atoms with E-state index >= 15 is 0 Å². The number of ether oxygens (including phenoxy) is 1. The molecule has 1 aromatic rings. The number of hydrogen-bond acceptors (Lipinski definition) is 3. The quantitative estimate of drug-likeness (QED) is 0.553. The highest BCUT2D eigenvalue weighted by atomic mass is 127. The van der Waals surface area contributed by atoms with Crippen LogP contribution < -0.4 is 5.32 Å². The number of unbranched alkanes of at least 4 members (excludes halogenated alkanes) is 1. The first kappa shape index (κ1) is 16.9. The highest BCUT2D eigenvalue weighted by Gasteiger charge is 2.14. The maximum atomic E-state index is 11.9. The summed E-state index contributed by atoms with van der Waals surface area (Å²) in [6, 6.07) is 4.69. The fourth-order valence-electron chi connectivity index (χ4n) is 1.51. The highest BCUT2D eigenvalue weighted by molar-refractivity contribution is 14.1. The largest absolute Gasteiger partial charge is 0.478 e. The Morgan fingerprint density at radius 3 is 2.70 bits per heavy atom. The van der Waals surface area contributed by atoms with E-state index in [9.17, 15) is 9.59 Å². The van der Waals surface area contributed by atoms with Gasteiger partial charge in [-0.2, -0.15) is 0 Å². The summed E-state index contributed by atoms with van der Waals surface area (Å²) in [7, 11) is 0. The summed E-state index contributed by atoms with van der Waals surface area (Å²) < 4.78 is 6.14. The van der Waals surface area contributed by atoms with E-state index in [1.807, 2.05) is 29.5 Å². The van der Waals surface area contributed by atoms with Crippen LogP contribution in [0.15, 0.2) is 18.2 Å². The molecule has 110 valence electrons. The molecule has 6 heteroatoms. The van der Waals surface area contributed by atoms with Crippen molar-refractivity contribution in [1.29, 1.82) is 0 Å².